The number of benzene rings is 2. The average Bonchev–Trinajstić information content (AvgIpc) is 3.33. The van der Waals surface area contributed by atoms with Gasteiger partial charge in [0.2, 0.25) is 12.0 Å². The summed E-state index contributed by atoms with van der Waals surface area (Å²) in [6, 6.07) is 16.5. The lowest BCUT2D eigenvalue weighted by Crippen LogP contribution is -2.50. The van der Waals surface area contributed by atoms with Crippen molar-refractivity contribution >= 4 is 35.2 Å². The number of hydrogen-bond acceptors (Lipinski definition) is 6. The van der Waals surface area contributed by atoms with Crippen molar-refractivity contribution in [1.82, 2.24) is 4.90 Å². The van der Waals surface area contributed by atoms with Crippen molar-refractivity contribution in [3.63, 3.8) is 0 Å². The number of carbonyl (C=O) groups excluding carboxylic acids is 3. The van der Waals surface area contributed by atoms with Crippen molar-refractivity contribution in [3.05, 3.63) is 60.2 Å². The van der Waals surface area contributed by atoms with Gasteiger partial charge in [-0.1, -0.05) is 54.2 Å². The predicted octanol–water partition coefficient (Wildman–Crippen LogP) is 2.76. The first-order chi connectivity index (χ1) is 15.1. The van der Waals surface area contributed by atoms with Crippen molar-refractivity contribution in [2.75, 3.05) is 31.2 Å². The maximum absolute atomic E-state index is 13.6. The molecule has 0 unspecified atom stereocenters. The summed E-state index contributed by atoms with van der Waals surface area (Å²) in [5, 5.41) is 0. The predicted molar refractivity (Wildman–Crippen MR) is 114 cm³/mol. The molecule has 0 radical (unpaired) electrons. The fraction of sp³-hybridized carbons (Fsp3) is 0.348. The molecule has 2 aromatic carbocycles. The molecule has 0 saturated carbocycles. The molecule has 3 aliphatic heterocycles. The monoisotopic (exact) mass is 438 g/mol. The number of carbonyl (C=O) groups is 3. The van der Waals surface area contributed by atoms with E-state index in [1.165, 1.54) is 11.8 Å². The molecule has 0 bridgehead atoms. The standard InChI is InChI=1S/C23H22N2O5S/c26-19-10-11-23(25(19)17-8-4-5-9-18(17)31-23)22(28)30-20(16-6-2-1-3-7-16)21(27)24-12-14-29-15-13-24/h1-9,20H,10-15H2/t20-,23-/m0/s1. The fourth-order valence-corrected chi connectivity index (χ4v) is 5.71. The van der Waals surface area contributed by atoms with Gasteiger partial charge in [-0.05, 0) is 12.1 Å². The zero-order valence-corrected chi connectivity index (χ0v) is 17.7. The first-order valence-corrected chi connectivity index (χ1v) is 11.2. The smallest absolute Gasteiger partial charge is 0.344 e. The summed E-state index contributed by atoms with van der Waals surface area (Å²) in [6.07, 6.45) is -0.454. The van der Waals surface area contributed by atoms with E-state index in [2.05, 4.69) is 0 Å². The van der Waals surface area contributed by atoms with Gasteiger partial charge in [0.15, 0.2) is 4.87 Å². The maximum Gasteiger partial charge on any atom is 0.344 e. The Balaban J connectivity index is 1.46. The molecule has 3 aliphatic rings. The molecule has 0 N–H and O–H groups in total. The van der Waals surface area contributed by atoms with Crippen LogP contribution in [0.5, 0.6) is 0 Å². The van der Waals surface area contributed by atoms with Crippen molar-refractivity contribution in [1.29, 1.82) is 0 Å². The van der Waals surface area contributed by atoms with E-state index >= 15 is 0 Å². The van der Waals surface area contributed by atoms with Gasteiger partial charge >= 0.3 is 5.97 Å². The Kier molecular flexibility index (Phi) is 5.19. The van der Waals surface area contributed by atoms with E-state index in [-0.39, 0.29) is 18.2 Å². The van der Waals surface area contributed by atoms with Crippen LogP contribution in [0.25, 0.3) is 0 Å². The van der Waals surface area contributed by atoms with E-state index in [1.54, 1.807) is 21.9 Å². The third-order valence-corrected chi connectivity index (χ3v) is 7.32. The zero-order chi connectivity index (χ0) is 21.4. The van der Waals surface area contributed by atoms with Crippen LogP contribution >= 0.6 is 11.8 Å². The third-order valence-electron chi connectivity index (χ3n) is 5.87. The minimum absolute atomic E-state index is 0.106. The number of esters is 1. The molecular formula is C23H22N2O5S. The van der Waals surface area contributed by atoms with E-state index in [9.17, 15) is 14.4 Å². The number of hydrogen-bond donors (Lipinski definition) is 0. The Hall–Kier alpha value is -2.84. The Morgan fingerprint density at radius 2 is 1.74 bits per heavy atom. The number of anilines is 1. The van der Waals surface area contributed by atoms with Crippen LogP contribution in [0, 0.1) is 0 Å². The molecule has 0 aromatic heterocycles. The Bertz CT molecular complexity index is 1020. The van der Waals surface area contributed by atoms with Gasteiger partial charge in [0, 0.05) is 36.4 Å². The third kappa shape index (κ3) is 3.40. The van der Waals surface area contributed by atoms with Crippen LogP contribution in [0.2, 0.25) is 0 Å². The van der Waals surface area contributed by atoms with Crippen LogP contribution in [0.1, 0.15) is 24.5 Å². The van der Waals surface area contributed by atoms with Crippen LogP contribution in [0.3, 0.4) is 0 Å². The lowest BCUT2D eigenvalue weighted by molar-refractivity contribution is -0.164. The topological polar surface area (TPSA) is 76.2 Å². The Labute approximate surface area is 184 Å². The molecule has 31 heavy (non-hydrogen) atoms. The summed E-state index contributed by atoms with van der Waals surface area (Å²) in [4.78, 5) is 42.5. The molecule has 2 amide bonds. The van der Waals surface area contributed by atoms with Gasteiger partial charge in [-0.25, -0.2) is 4.79 Å². The molecule has 160 valence electrons. The average molecular weight is 439 g/mol. The van der Waals surface area contributed by atoms with Crippen LogP contribution in [0.4, 0.5) is 5.69 Å². The van der Waals surface area contributed by atoms with Gasteiger partial charge in [-0.15, -0.1) is 0 Å². The molecule has 5 rings (SSSR count). The van der Waals surface area contributed by atoms with Crippen LogP contribution in [-0.2, 0) is 23.9 Å². The van der Waals surface area contributed by atoms with Gasteiger partial charge < -0.3 is 14.4 Å². The van der Waals surface area contributed by atoms with Crippen LogP contribution in [0.15, 0.2) is 59.5 Å². The van der Waals surface area contributed by atoms with Crippen molar-refractivity contribution in [3.8, 4) is 0 Å². The Morgan fingerprint density at radius 1 is 1.03 bits per heavy atom. The van der Waals surface area contributed by atoms with Crippen molar-refractivity contribution in [2.24, 2.45) is 0 Å². The van der Waals surface area contributed by atoms with Gasteiger partial charge in [0.1, 0.15) is 0 Å². The summed E-state index contributed by atoms with van der Waals surface area (Å²) in [6.45, 7) is 1.82. The molecule has 8 heteroatoms. The molecule has 0 aliphatic carbocycles. The minimum Gasteiger partial charge on any atom is -0.445 e. The maximum atomic E-state index is 13.6. The summed E-state index contributed by atoms with van der Waals surface area (Å²) in [5.74, 6) is -0.934. The lowest BCUT2D eigenvalue weighted by Gasteiger charge is -2.33. The van der Waals surface area contributed by atoms with E-state index in [4.69, 9.17) is 9.47 Å². The molecule has 2 atom stereocenters. The highest BCUT2D eigenvalue weighted by Gasteiger charge is 2.59. The summed E-state index contributed by atoms with van der Waals surface area (Å²) >= 11 is 1.34. The Morgan fingerprint density at radius 3 is 2.52 bits per heavy atom. The molecule has 2 fully saturated rings. The number of ether oxygens (including phenoxy) is 2. The van der Waals surface area contributed by atoms with Gasteiger partial charge in [-0.3, -0.25) is 14.5 Å². The number of nitrogens with zero attached hydrogens (tertiary/aromatic N) is 2. The van der Waals surface area contributed by atoms with Crippen LogP contribution < -0.4 is 4.90 Å². The molecule has 7 nitrogen and oxygen atoms in total. The molecule has 0 spiro atoms. The molecular weight excluding hydrogens is 416 g/mol. The largest absolute Gasteiger partial charge is 0.445 e. The van der Waals surface area contributed by atoms with Gasteiger partial charge in [-0.2, -0.15) is 0 Å². The number of rotatable bonds is 4. The van der Waals surface area contributed by atoms with Crippen molar-refractivity contribution < 1.29 is 23.9 Å². The van der Waals surface area contributed by atoms with Crippen LogP contribution in [-0.4, -0.2) is 53.9 Å². The first kappa shape index (κ1) is 20.1. The number of amides is 2. The molecule has 3 heterocycles. The second-order valence-corrected chi connectivity index (χ2v) is 9.04. The highest BCUT2D eigenvalue weighted by molar-refractivity contribution is 8.02. The number of para-hydroxylation sites is 1. The van der Waals surface area contributed by atoms with E-state index in [0.29, 0.717) is 38.3 Å². The highest BCUT2D eigenvalue weighted by Crippen LogP contribution is 2.56. The summed E-state index contributed by atoms with van der Waals surface area (Å²) in [7, 11) is 0. The van der Waals surface area contributed by atoms with E-state index in [1.807, 2.05) is 42.5 Å². The molecule has 2 aromatic rings. The normalized spacial score (nSPS) is 23.3. The number of thioether (sulfide) groups is 1. The summed E-state index contributed by atoms with van der Waals surface area (Å²) in [5.41, 5.74) is 1.34. The quantitative estimate of drug-likeness (QED) is 0.684. The van der Waals surface area contributed by atoms with E-state index in [0.717, 1.165) is 10.6 Å². The second kappa shape index (κ2) is 8.01. The second-order valence-electron chi connectivity index (χ2n) is 7.72. The zero-order valence-electron chi connectivity index (χ0n) is 16.9. The number of fused-ring (bicyclic) bond motifs is 3. The van der Waals surface area contributed by atoms with Gasteiger partial charge in [0.05, 0.1) is 18.9 Å². The first-order valence-electron chi connectivity index (χ1n) is 10.3. The molecule has 2 saturated heterocycles. The fourth-order valence-electron chi connectivity index (χ4n) is 4.31. The number of morpholine rings is 1. The summed E-state index contributed by atoms with van der Waals surface area (Å²) < 4.78 is 11.3. The SMILES string of the molecule is O=C([C@@H](OC(=O)[C@@]12CCC(=O)N1c1ccccc1S2)c1ccccc1)N1CCOCC1. The highest BCUT2D eigenvalue weighted by atomic mass is 32.2. The van der Waals surface area contributed by atoms with E-state index < -0.39 is 16.9 Å². The minimum atomic E-state index is -1.17. The van der Waals surface area contributed by atoms with Gasteiger partial charge in [0.25, 0.3) is 5.91 Å². The van der Waals surface area contributed by atoms with Crippen molar-refractivity contribution in [2.45, 2.75) is 28.7 Å². The lowest BCUT2D eigenvalue weighted by atomic mass is 10.1.